The second-order valence-electron chi connectivity index (χ2n) is 6.65. The number of hydrogen-bond donors (Lipinski definition) is 1. The van der Waals surface area contributed by atoms with Crippen LogP contribution in [0, 0.1) is 0 Å². The molecule has 1 aromatic heterocycles. The zero-order valence-electron chi connectivity index (χ0n) is 14.7. The third-order valence-corrected chi connectivity index (χ3v) is 4.83. The summed E-state index contributed by atoms with van der Waals surface area (Å²) in [6.45, 7) is 0.630. The summed E-state index contributed by atoms with van der Waals surface area (Å²) in [6, 6.07) is 4.32. The summed E-state index contributed by atoms with van der Waals surface area (Å²) in [5, 5.41) is 4.01. The van der Waals surface area contributed by atoms with Crippen molar-refractivity contribution in [2.75, 3.05) is 13.7 Å². The maximum atomic E-state index is 12.1. The van der Waals surface area contributed by atoms with E-state index in [1.165, 1.54) is 24.7 Å². The van der Waals surface area contributed by atoms with Crippen molar-refractivity contribution in [3.63, 3.8) is 0 Å². The molecule has 0 saturated carbocycles. The summed E-state index contributed by atoms with van der Waals surface area (Å²) in [5.41, 5.74) is 4.60. The zero-order valence-corrected chi connectivity index (χ0v) is 14.7. The molecule has 0 fully saturated rings. The van der Waals surface area contributed by atoms with Crippen molar-refractivity contribution in [1.82, 2.24) is 5.32 Å². The third kappa shape index (κ3) is 4.41. The highest BCUT2D eigenvalue weighted by atomic mass is 16.5. The molecule has 134 valence electrons. The molecule has 1 N–H and O–H groups in total. The van der Waals surface area contributed by atoms with Gasteiger partial charge in [-0.2, -0.15) is 0 Å². The summed E-state index contributed by atoms with van der Waals surface area (Å²) in [7, 11) is 1.40. The highest BCUT2D eigenvalue weighted by Gasteiger charge is 2.16. The Morgan fingerprint density at radius 1 is 1.16 bits per heavy atom. The van der Waals surface area contributed by atoms with Crippen LogP contribution in [0.3, 0.4) is 0 Å². The minimum atomic E-state index is -0.178. The minimum absolute atomic E-state index is 0.0103. The Morgan fingerprint density at radius 3 is 2.76 bits per heavy atom. The molecule has 3 rings (SSSR count). The molecule has 1 aromatic carbocycles. The van der Waals surface area contributed by atoms with Crippen molar-refractivity contribution in [1.29, 1.82) is 0 Å². The smallest absolute Gasteiger partial charge is 0.305 e. The predicted molar refractivity (Wildman–Crippen MR) is 95.4 cm³/mol. The number of rotatable bonds is 8. The molecule has 1 heterocycles. The number of carbonyl (C=O) groups is 2. The number of fused-ring (bicyclic) bond motifs is 2. The van der Waals surface area contributed by atoms with E-state index in [1.54, 1.807) is 6.26 Å². The van der Waals surface area contributed by atoms with Crippen LogP contribution in [-0.4, -0.2) is 25.5 Å². The first kappa shape index (κ1) is 17.5. The second-order valence-corrected chi connectivity index (χ2v) is 6.65. The molecule has 1 amide bonds. The molecule has 5 heteroatoms. The van der Waals surface area contributed by atoms with Crippen molar-refractivity contribution in [2.24, 2.45) is 0 Å². The van der Waals surface area contributed by atoms with Gasteiger partial charge in [-0.1, -0.05) is 6.42 Å². The Kier molecular flexibility index (Phi) is 5.74. The summed E-state index contributed by atoms with van der Waals surface area (Å²) < 4.78 is 10.2. The van der Waals surface area contributed by atoms with Gasteiger partial charge in [0, 0.05) is 23.9 Å². The fourth-order valence-corrected chi connectivity index (χ4v) is 3.42. The van der Waals surface area contributed by atoms with E-state index in [2.05, 4.69) is 22.2 Å². The fourth-order valence-electron chi connectivity index (χ4n) is 3.42. The molecule has 1 aliphatic rings. The van der Waals surface area contributed by atoms with E-state index in [-0.39, 0.29) is 11.9 Å². The van der Waals surface area contributed by atoms with Gasteiger partial charge < -0.3 is 14.5 Å². The lowest BCUT2D eigenvalue weighted by atomic mass is 10.0. The monoisotopic (exact) mass is 343 g/mol. The van der Waals surface area contributed by atoms with Crippen molar-refractivity contribution in [3.05, 3.63) is 35.1 Å². The van der Waals surface area contributed by atoms with Crippen LogP contribution in [0.1, 0.15) is 48.8 Å². The van der Waals surface area contributed by atoms with E-state index in [0.717, 1.165) is 48.6 Å². The first-order valence-corrected chi connectivity index (χ1v) is 9.03. The number of methoxy groups -OCH3 is 1. The number of benzene rings is 1. The minimum Gasteiger partial charge on any atom is -0.469 e. The van der Waals surface area contributed by atoms with Crippen LogP contribution in [0.2, 0.25) is 0 Å². The molecule has 0 atom stereocenters. The fraction of sp³-hybridized carbons (Fsp3) is 0.500. The Morgan fingerprint density at radius 2 is 1.96 bits per heavy atom. The molecule has 0 unspecified atom stereocenters. The van der Waals surface area contributed by atoms with E-state index in [9.17, 15) is 9.59 Å². The molecule has 0 spiro atoms. The van der Waals surface area contributed by atoms with Crippen LogP contribution >= 0.6 is 0 Å². The van der Waals surface area contributed by atoms with Crippen molar-refractivity contribution in [2.45, 2.75) is 51.4 Å². The first-order chi connectivity index (χ1) is 12.2. The molecule has 1 aliphatic carbocycles. The van der Waals surface area contributed by atoms with Crippen molar-refractivity contribution >= 4 is 22.8 Å². The Hall–Kier alpha value is -2.30. The normalized spacial score (nSPS) is 13.0. The Bertz CT molecular complexity index is 762. The average molecular weight is 343 g/mol. The SMILES string of the molecule is COC(=O)CCCCCNC(=O)Cc1coc2cc3c(cc12)CCC3. The quantitative estimate of drug-likeness (QED) is 0.590. The Balaban J connectivity index is 1.45. The van der Waals surface area contributed by atoms with Gasteiger partial charge in [0.15, 0.2) is 0 Å². The number of esters is 1. The maximum absolute atomic E-state index is 12.1. The van der Waals surface area contributed by atoms with E-state index in [4.69, 9.17) is 4.42 Å². The molecule has 0 radical (unpaired) electrons. The van der Waals surface area contributed by atoms with Gasteiger partial charge in [0.25, 0.3) is 0 Å². The standard InChI is InChI=1S/C20H25NO4/c1-24-20(23)8-3-2-4-9-21-19(22)12-16-13-25-18-11-15-7-5-6-14(15)10-17(16)18/h10-11,13H,2-9,12H2,1H3,(H,21,22). The first-order valence-electron chi connectivity index (χ1n) is 9.03. The van der Waals surface area contributed by atoms with Crippen LogP contribution in [0.25, 0.3) is 11.0 Å². The van der Waals surface area contributed by atoms with Crippen LogP contribution < -0.4 is 5.32 Å². The van der Waals surface area contributed by atoms with Crippen molar-refractivity contribution < 1.29 is 18.7 Å². The summed E-state index contributed by atoms with van der Waals surface area (Å²) >= 11 is 0. The number of unbranched alkanes of at least 4 members (excludes halogenated alkanes) is 2. The highest BCUT2D eigenvalue weighted by molar-refractivity contribution is 5.88. The number of aryl methyl sites for hydroxylation is 2. The van der Waals surface area contributed by atoms with Gasteiger partial charge in [-0.05, 0) is 55.4 Å². The zero-order chi connectivity index (χ0) is 17.6. The van der Waals surface area contributed by atoms with Crippen LogP contribution in [0.15, 0.2) is 22.8 Å². The number of carbonyl (C=O) groups excluding carboxylic acids is 2. The number of nitrogens with one attached hydrogen (secondary N) is 1. The Labute approximate surface area is 147 Å². The molecule has 25 heavy (non-hydrogen) atoms. The van der Waals surface area contributed by atoms with Gasteiger partial charge in [0.2, 0.25) is 5.91 Å². The molecule has 0 bridgehead atoms. The lowest BCUT2D eigenvalue weighted by Crippen LogP contribution is -2.26. The molecule has 2 aromatic rings. The number of furan rings is 1. The second kappa shape index (κ2) is 8.19. The van der Waals surface area contributed by atoms with Gasteiger partial charge in [-0.15, -0.1) is 0 Å². The van der Waals surface area contributed by atoms with Crippen LogP contribution in [0.4, 0.5) is 0 Å². The molecule has 0 saturated heterocycles. The summed E-state index contributed by atoms with van der Waals surface area (Å²) in [5.74, 6) is -0.168. The average Bonchev–Trinajstić information content (AvgIpc) is 3.22. The van der Waals surface area contributed by atoms with E-state index >= 15 is 0 Å². The number of hydrogen-bond acceptors (Lipinski definition) is 4. The van der Waals surface area contributed by atoms with Gasteiger partial charge in [-0.25, -0.2) is 0 Å². The van der Waals surface area contributed by atoms with Crippen LogP contribution in [0.5, 0.6) is 0 Å². The summed E-state index contributed by atoms with van der Waals surface area (Å²) in [4.78, 5) is 23.2. The maximum Gasteiger partial charge on any atom is 0.305 e. The molecule has 5 nitrogen and oxygen atoms in total. The molecular formula is C20H25NO4. The van der Waals surface area contributed by atoms with E-state index in [1.807, 2.05) is 0 Å². The largest absolute Gasteiger partial charge is 0.469 e. The van der Waals surface area contributed by atoms with E-state index in [0.29, 0.717) is 19.4 Å². The van der Waals surface area contributed by atoms with E-state index < -0.39 is 0 Å². The topological polar surface area (TPSA) is 68.5 Å². The van der Waals surface area contributed by atoms with Gasteiger partial charge in [0.05, 0.1) is 19.8 Å². The number of amides is 1. The van der Waals surface area contributed by atoms with Gasteiger partial charge >= 0.3 is 5.97 Å². The molecular weight excluding hydrogens is 318 g/mol. The van der Waals surface area contributed by atoms with Crippen molar-refractivity contribution in [3.8, 4) is 0 Å². The lowest BCUT2D eigenvalue weighted by molar-refractivity contribution is -0.140. The van der Waals surface area contributed by atoms with Gasteiger partial charge in [-0.3, -0.25) is 9.59 Å². The van der Waals surface area contributed by atoms with Gasteiger partial charge in [0.1, 0.15) is 5.58 Å². The molecule has 0 aliphatic heterocycles. The number of ether oxygens (including phenoxy) is 1. The summed E-state index contributed by atoms with van der Waals surface area (Å²) in [6.07, 6.45) is 8.48. The predicted octanol–water partition coefficient (Wildman–Crippen LogP) is 3.31. The lowest BCUT2D eigenvalue weighted by Gasteiger charge is -2.05. The highest BCUT2D eigenvalue weighted by Crippen LogP contribution is 2.30. The van der Waals surface area contributed by atoms with Crippen LogP contribution in [-0.2, 0) is 33.6 Å². The third-order valence-electron chi connectivity index (χ3n) is 4.83.